The quantitative estimate of drug-likeness (QED) is 0.837. The van der Waals surface area contributed by atoms with Crippen LogP contribution in [-0.4, -0.2) is 45.1 Å². The fourth-order valence-electron chi connectivity index (χ4n) is 2.90. The van der Waals surface area contributed by atoms with E-state index >= 15 is 0 Å². The Kier molecular flexibility index (Phi) is 5.00. The molecule has 106 valence electrons. The number of nitrogens with one attached hydrogen (secondary N) is 1. The highest BCUT2D eigenvalue weighted by Crippen LogP contribution is 2.27. The number of morpholine rings is 1. The molecule has 2 unspecified atom stereocenters. The van der Waals surface area contributed by atoms with E-state index in [4.69, 9.17) is 4.74 Å². The number of ether oxygens (including phenoxy) is 1. The Labute approximate surface area is 110 Å². The first-order valence-electron chi connectivity index (χ1n) is 6.98. The third kappa shape index (κ3) is 3.44. The zero-order valence-electron chi connectivity index (χ0n) is 11.1. The van der Waals surface area contributed by atoms with Gasteiger partial charge in [0.15, 0.2) is 0 Å². The van der Waals surface area contributed by atoms with Crippen LogP contribution in [0, 0.1) is 5.92 Å². The fraction of sp³-hybridized carbons (Fsp3) is 1.00. The van der Waals surface area contributed by atoms with Gasteiger partial charge < -0.3 is 4.74 Å². The molecule has 1 saturated carbocycles. The highest BCUT2D eigenvalue weighted by Gasteiger charge is 2.31. The highest BCUT2D eigenvalue weighted by molar-refractivity contribution is 7.87. The maximum absolute atomic E-state index is 12.3. The first kappa shape index (κ1) is 14.2. The molecule has 1 aliphatic heterocycles. The van der Waals surface area contributed by atoms with Crippen LogP contribution in [0.25, 0.3) is 0 Å². The van der Waals surface area contributed by atoms with Crippen molar-refractivity contribution < 1.29 is 13.2 Å². The average Bonchev–Trinajstić information content (AvgIpc) is 2.40. The van der Waals surface area contributed by atoms with Gasteiger partial charge in [-0.05, 0) is 18.8 Å². The molecule has 5 nitrogen and oxygen atoms in total. The van der Waals surface area contributed by atoms with Crippen LogP contribution in [0.2, 0.25) is 0 Å². The van der Waals surface area contributed by atoms with Crippen LogP contribution in [0.5, 0.6) is 0 Å². The monoisotopic (exact) mass is 276 g/mol. The van der Waals surface area contributed by atoms with E-state index in [1.807, 2.05) is 0 Å². The van der Waals surface area contributed by atoms with Gasteiger partial charge in [0.25, 0.3) is 10.2 Å². The lowest BCUT2D eigenvalue weighted by atomic mass is 9.83. The second-order valence-corrected chi connectivity index (χ2v) is 6.90. The van der Waals surface area contributed by atoms with Crippen molar-refractivity contribution in [3.05, 3.63) is 0 Å². The Balaban J connectivity index is 1.97. The fourth-order valence-corrected chi connectivity index (χ4v) is 4.38. The minimum absolute atomic E-state index is 0.122. The van der Waals surface area contributed by atoms with Gasteiger partial charge in [0, 0.05) is 19.1 Å². The molecular weight excluding hydrogens is 252 g/mol. The molecule has 0 radical (unpaired) electrons. The first-order chi connectivity index (χ1) is 8.63. The van der Waals surface area contributed by atoms with Gasteiger partial charge in [0.2, 0.25) is 0 Å². The number of nitrogens with zero attached hydrogens (tertiary/aromatic N) is 1. The van der Waals surface area contributed by atoms with Crippen LogP contribution in [0.1, 0.15) is 39.0 Å². The summed E-state index contributed by atoms with van der Waals surface area (Å²) < 4.78 is 34.2. The molecule has 1 aliphatic carbocycles. The van der Waals surface area contributed by atoms with Crippen molar-refractivity contribution in [2.24, 2.45) is 5.92 Å². The maximum atomic E-state index is 12.3. The van der Waals surface area contributed by atoms with E-state index in [1.165, 1.54) is 10.7 Å². The van der Waals surface area contributed by atoms with Gasteiger partial charge >= 0.3 is 0 Å². The number of hydrogen-bond donors (Lipinski definition) is 1. The summed E-state index contributed by atoms with van der Waals surface area (Å²) in [5, 5.41) is 0. The number of hydrogen-bond acceptors (Lipinski definition) is 3. The van der Waals surface area contributed by atoms with Crippen molar-refractivity contribution in [1.29, 1.82) is 0 Å². The van der Waals surface area contributed by atoms with E-state index in [1.54, 1.807) is 0 Å². The lowest BCUT2D eigenvalue weighted by molar-refractivity contribution is 0.0720. The van der Waals surface area contributed by atoms with Crippen LogP contribution in [0.15, 0.2) is 0 Å². The zero-order valence-corrected chi connectivity index (χ0v) is 11.9. The lowest BCUT2D eigenvalue weighted by Gasteiger charge is -2.34. The molecule has 0 aromatic rings. The molecule has 1 saturated heterocycles. The predicted octanol–water partition coefficient (Wildman–Crippen LogP) is 1.12. The van der Waals surface area contributed by atoms with Gasteiger partial charge in [-0.2, -0.15) is 17.4 Å². The molecule has 6 heteroatoms. The molecule has 18 heavy (non-hydrogen) atoms. The molecule has 2 aliphatic rings. The second-order valence-electron chi connectivity index (χ2n) is 5.19. The standard InChI is InChI=1S/C12H24N2O3S/c1-2-11-5-3-4-6-12(11)13-18(15,16)14-7-9-17-10-8-14/h11-13H,2-10H2,1H3. The molecular formula is C12H24N2O3S. The second kappa shape index (κ2) is 6.32. The first-order valence-corrected chi connectivity index (χ1v) is 8.42. The van der Waals surface area contributed by atoms with E-state index in [9.17, 15) is 8.42 Å². The van der Waals surface area contributed by atoms with Gasteiger partial charge in [-0.25, -0.2) is 0 Å². The summed E-state index contributed by atoms with van der Waals surface area (Å²) in [4.78, 5) is 0. The summed E-state index contributed by atoms with van der Waals surface area (Å²) in [5.41, 5.74) is 0. The smallest absolute Gasteiger partial charge is 0.279 e. The summed E-state index contributed by atoms with van der Waals surface area (Å²) in [5.74, 6) is 0.495. The van der Waals surface area contributed by atoms with E-state index in [0.29, 0.717) is 32.2 Å². The van der Waals surface area contributed by atoms with Crippen molar-refractivity contribution in [3.8, 4) is 0 Å². The van der Waals surface area contributed by atoms with E-state index in [0.717, 1.165) is 25.7 Å². The summed E-state index contributed by atoms with van der Waals surface area (Å²) in [6.07, 6.45) is 5.53. The third-order valence-electron chi connectivity index (χ3n) is 4.04. The van der Waals surface area contributed by atoms with E-state index < -0.39 is 10.2 Å². The van der Waals surface area contributed by atoms with Crippen LogP contribution in [0.4, 0.5) is 0 Å². The van der Waals surface area contributed by atoms with Crippen LogP contribution in [-0.2, 0) is 14.9 Å². The van der Waals surface area contributed by atoms with Crippen molar-refractivity contribution in [2.75, 3.05) is 26.3 Å². The average molecular weight is 276 g/mol. The Morgan fingerprint density at radius 1 is 1.22 bits per heavy atom. The molecule has 2 rings (SSSR count). The third-order valence-corrected chi connectivity index (χ3v) is 5.69. The summed E-state index contributed by atoms with van der Waals surface area (Å²) in [6.45, 7) is 4.09. The van der Waals surface area contributed by atoms with Crippen LogP contribution < -0.4 is 4.72 Å². The lowest BCUT2D eigenvalue weighted by Crippen LogP contribution is -2.51. The molecule has 0 aromatic heterocycles. The predicted molar refractivity (Wildman–Crippen MR) is 70.5 cm³/mol. The van der Waals surface area contributed by atoms with E-state index in [-0.39, 0.29) is 6.04 Å². The Morgan fingerprint density at radius 2 is 1.89 bits per heavy atom. The van der Waals surface area contributed by atoms with Gasteiger partial charge in [-0.15, -0.1) is 0 Å². The largest absolute Gasteiger partial charge is 0.379 e. The Bertz CT molecular complexity index is 352. The van der Waals surface area contributed by atoms with Gasteiger partial charge in [0.05, 0.1) is 13.2 Å². The Morgan fingerprint density at radius 3 is 2.56 bits per heavy atom. The molecule has 1 heterocycles. The Hall–Kier alpha value is -0.170. The highest BCUT2D eigenvalue weighted by atomic mass is 32.2. The van der Waals surface area contributed by atoms with Crippen molar-refractivity contribution in [1.82, 2.24) is 9.03 Å². The molecule has 0 bridgehead atoms. The SMILES string of the molecule is CCC1CCCCC1NS(=O)(=O)N1CCOCC1. The van der Waals surface area contributed by atoms with Gasteiger partial charge in [-0.1, -0.05) is 26.2 Å². The van der Waals surface area contributed by atoms with Gasteiger partial charge in [0.1, 0.15) is 0 Å². The van der Waals surface area contributed by atoms with Crippen LogP contribution in [0.3, 0.4) is 0 Å². The summed E-state index contributed by atoms with van der Waals surface area (Å²) in [6, 6.07) is 0.122. The molecule has 2 fully saturated rings. The zero-order chi connectivity index (χ0) is 13.0. The minimum Gasteiger partial charge on any atom is -0.379 e. The maximum Gasteiger partial charge on any atom is 0.279 e. The molecule has 0 amide bonds. The van der Waals surface area contributed by atoms with Gasteiger partial charge in [-0.3, -0.25) is 0 Å². The summed E-state index contributed by atoms with van der Waals surface area (Å²) in [7, 11) is -3.32. The van der Waals surface area contributed by atoms with Crippen molar-refractivity contribution in [2.45, 2.75) is 45.1 Å². The molecule has 0 aromatic carbocycles. The molecule has 1 N–H and O–H groups in total. The molecule has 0 spiro atoms. The summed E-state index contributed by atoms with van der Waals surface area (Å²) >= 11 is 0. The van der Waals surface area contributed by atoms with E-state index in [2.05, 4.69) is 11.6 Å². The van der Waals surface area contributed by atoms with Crippen LogP contribution >= 0.6 is 0 Å². The molecule has 2 atom stereocenters. The minimum atomic E-state index is -3.32. The number of rotatable bonds is 4. The topological polar surface area (TPSA) is 58.6 Å². The normalized spacial score (nSPS) is 31.4. The van der Waals surface area contributed by atoms with Crippen molar-refractivity contribution in [3.63, 3.8) is 0 Å². The van der Waals surface area contributed by atoms with Crippen molar-refractivity contribution >= 4 is 10.2 Å².